The van der Waals surface area contributed by atoms with Gasteiger partial charge in [0.15, 0.2) is 0 Å². The molecule has 3 nitrogen and oxygen atoms in total. The zero-order valence-electron chi connectivity index (χ0n) is 6.66. The molecule has 4 atom stereocenters. The fourth-order valence-electron chi connectivity index (χ4n) is 2.50. The molecule has 0 unspecified atom stereocenters. The normalized spacial score (nSPS) is 53.2. The molecule has 3 saturated heterocycles. The van der Waals surface area contributed by atoms with Crippen molar-refractivity contribution in [2.75, 3.05) is 0 Å². The van der Waals surface area contributed by atoms with Gasteiger partial charge in [-0.1, -0.05) is 15.9 Å². The second kappa shape index (κ2) is 2.38. The zero-order valence-corrected chi connectivity index (χ0v) is 9.06. The second-order valence-corrected chi connectivity index (χ2v) is 5.98. The van der Waals surface area contributed by atoms with E-state index in [1.54, 1.807) is 0 Å². The van der Waals surface area contributed by atoms with Gasteiger partial charge in [0.2, 0.25) is 10.2 Å². The number of carbonyl (C=O) groups excluding carboxylic acids is 2. The van der Waals surface area contributed by atoms with Gasteiger partial charge >= 0.3 is 0 Å². The largest absolute Gasteiger partial charge is 0.372 e. The highest BCUT2D eigenvalue weighted by atomic mass is 79.9. The molecule has 3 fully saturated rings. The monoisotopic (exact) mass is 262 g/mol. The molecule has 5 heteroatoms. The number of alkyl halides is 1. The molecule has 0 aromatic heterocycles. The highest BCUT2D eigenvalue weighted by molar-refractivity contribution is 9.10. The molecule has 3 aliphatic heterocycles. The van der Waals surface area contributed by atoms with Crippen LogP contribution >= 0.6 is 27.7 Å². The fourth-order valence-corrected chi connectivity index (χ4v) is 4.80. The minimum absolute atomic E-state index is 0.0178. The Morgan fingerprint density at radius 1 is 1.46 bits per heavy atom. The van der Waals surface area contributed by atoms with Gasteiger partial charge in [-0.15, -0.1) is 0 Å². The quantitative estimate of drug-likeness (QED) is 0.614. The van der Waals surface area contributed by atoms with Crippen molar-refractivity contribution >= 4 is 37.9 Å². The van der Waals surface area contributed by atoms with Crippen molar-refractivity contribution in [2.24, 2.45) is 5.92 Å². The van der Waals surface area contributed by atoms with Crippen LogP contribution in [0.1, 0.15) is 12.8 Å². The molecule has 3 heterocycles. The molecule has 0 spiro atoms. The third-order valence-electron chi connectivity index (χ3n) is 3.11. The summed E-state index contributed by atoms with van der Waals surface area (Å²) in [6, 6.07) is 0. The van der Waals surface area contributed by atoms with Gasteiger partial charge in [-0.05, 0) is 24.6 Å². The van der Waals surface area contributed by atoms with Gasteiger partial charge in [-0.3, -0.25) is 9.59 Å². The molecule has 70 valence electrons. The first kappa shape index (κ1) is 8.44. The van der Waals surface area contributed by atoms with Gasteiger partial charge < -0.3 is 4.74 Å². The van der Waals surface area contributed by atoms with Gasteiger partial charge in [0, 0.05) is 0 Å². The lowest BCUT2D eigenvalue weighted by Crippen LogP contribution is -2.44. The van der Waals surface area contributed by atoms with Crippen LogP contribution in [0.15, 0.2) is 0 Å². The predicted molar refractivity (Wildman–Crippen MR) is 50.6 cm³/mol. The van der Waals surface area contributed by atoms with E-state index in [1.165, 1.54) is 0 Å². The van der Waals surface area contributed by atoms with Crippen LogP contribution in [0.25, 0.3) is 0 Å². The summed E-state index contributed by atoms with van der Waals surface area (Å²) in [6.07, 6.45) is 1.72. The molecule has 0 saturated carbocycles. The van der Waals surface area contributed by atoms with Gasteiger partial charge in [-0.25, -0.2) is 0 Å². The minimum atomic E-state index is -0.683. The van der Waals surface area contributed by atoms with Gasteiger partial charge in [0.1, 0.15) is 4.32 Å². The van der Waals surface area contributed by atoms with Crippen molar-refractivity contribution in [3.05, 3.63) is 0 Å². The van der Waals surface area contributed by atoms with E-state index in [2.05, 4.69) is 15.9 Å². The van der Waals surface area contributed by atoms with Crippen LogP contribution in [0, 0.1) is 5.92 Å². The molecule has 0 radical (unpaired) electrons. The number of rotatable bonds is 0. The zero-order chi connectivity index (χ0) is 9.22. The molecular formula is C8H7BrO3S. The molecule has 3 aliphatic rings. The number of fused-ring (bicyclic) bond motifs is 5. The van der Waals surface area contributed by atoms with Gasteiger partial charge in [0.25, 0.3) is 0 Å². The summed E-state index contributed by atoms with van der Waals surface area (Å²) >= 11 is 4.27. The maximum Gasteiger partial charge on any atom is 0.216 e. The Labute approximate surface area is 87.7 Å². The lowest BCUT2D eigenvalue weighted by atomic mass is 9.81. The van der Waals surface area contributed by atoms with Crippen molar-refractivity contribution in [1.29, 1.82) is 0 Å². The summed E-state index contributed by atoms with van der Waals surface area (Å²) in [5.74, 6) is -0.233. The second-order valence-electron chi connectivity index (χ2n) is 3.69. The molecule has 0 N–H and O–H groups in total. The van der Waals surface area contributed by atoms with E-state index in [-0.39, 0.29) is 28.4 Å². The third kappa shape index (κ3) is 0.813. The highest BCUT2D eigenvalue weighted by Crippen LogP contribution is 2.58. The van der Waals surface area contributed by atoms with Crippen molar-refractivity contribution in [2.45, 2.75) is 29.4 Å². The summed E-state index contributed by atoms with van der Waals surface area (Å²) in [6.45, 7) is 0. The van der Waals surface area contributed by atoms with Crippen LogP contribution in [0.2, 0.25) is 0 Å². The van der Waals surface area contributed by atoms with Crippen LogP contribution in [0.4, 0.5) is 0 Å². The summed E-state index contributed by atoms with van der Waals surface area (Å²) < 4.78 is 4.90. The number of ether oxygens (including phenoxy) is 1. The Morgan fingerprint density at radius 3 is 2.92 bits per heavy atom. The maximum absolute atomic E-state index is 11.6. The van der Waals surface area contributed by atoms with E-state index < -0.39 is 4.32 Å². The average molecular weight is 263 g/mol. The molecule has 2 bridgehead atoms. The van der Waals surface area contributed by atoms with Gasteiger partial charge in [0.05, 0.1) is 18.1 Å². The number of halogens is 1. The first-order chi connectivity index (χ1) is 6.14. The van der Waals surface area contributed by atoms with Crippen molar-refractivity contribution < 1.29 is 14.3 Å². The van der Waals surface area contributed by atoms with Gasteiger partial charge in [-0.2, -0.15) is 0 Å². The standard InChI is InChI=1S/C8H7BrO3S/c9-8-4-2-1-3(12-4)5(8)6(10)13-7(8)11/h3-5H,1-2H2/t3-,4+,5-,8+/m1/s1. The summed E-state index contributed by atoms with van der Waals surface area (Å²) in [5, 5.41) is -0.0798. The van der Waals surface area contributed by atoms with Crippen LogP contribution in [0.3, 0.4) is 0 Å². The van der Waals surface area contributed by atoms with Crippen LogP contribution in [-0.4, -0.2) is 26.8 Å². The van der Waals surface area contributed by atoms with Crippen molar-refractivity contribution in [3.8, 4) is 0 Å². The maximum atomic E-state index is 11.6. The van der Waals surface area contributed by atoms with E-state index in [9.17, 15) is 9.59 Å². The molecular weight excluding hydrogens is 256 g/mol. The fraction of sp³-hybridized carbons (Fsp3) is 0.750. The Morgan fingerprint density at radius 2 is 2.23 bits per heavy atom. The lowest BCUT2D eigenvalue weighted by molar-refractivity contribution is -0.117. The minimum Gasteiger partial charge on any atom is -0.372 e. The summed E-state index contributed by atoms with van der Waals surface area (Å²) in [4.78, 5) is 23.1. The topological polar surface area (TPSA) is 43.4 Å². The average Bonchev–Trinajstić information content (AvgIpc) is 2.66. The molecule has 0 amide bonds. The Balaban J connectivity index is 2.12. The SMILES string of the molecule is O=C1SC(=O)[C@]2(Br)[C@@H]3CC[C@@H](O3)[C@H]12. The van der Waals surface area contributed by atoms with Crippen LogP contribution in [-0.2, 0) is 14.3 Å². The Bertz CT molecular complexity index is 319. The molecule has 3 rings (SSSR count). The third-order valence-corrected chi connectivity index (χ3v) is 5.71. The van der Waals surface area contributed by atoms with E-state index >= 15 is 0 Å². The molecule has 0 aromatic rings. The molecule has 13 heavy (non-hydrogen) atoms. The Kier molecular flexibility index (Phi) is 1.54. The van der Waals surface area contributed by atoms with E-state index in [4.69, 9.17) is 4.74 Å². The first-order valence-corrected chi connectivity index (χ1v) is 5.85. The first-order valence-electron chi connectivity index (χ1n) is 4.24. The number of hydrogen-bond acceptors (Lipinski definition) is 4. The molecule has 0 aliphatic carbocycles. The summed E-state index contributed by atoms with van der Waals surface area (Å²) in [7, 11) is 0. The number of carbonyl (C=O) groups is 2. The molecule has 0 aromatic carbocycles. The number of thioether (sulfide) groups is 1. The van der Waals surface area contributed by atoms with E-state index in [0.29, 0.717) is 0 Å². The highest BCUT2D eigenvalue weighted by Gasteiger charge is 2.69. The number of hydrogen-bond donors (Lipinski definition) is 0. The van der Waals surface area contributed by atoms with E-state index in [0.717, 1.165) is 24.6 Å². The lowest BCUT2D eigenvalue weighted by Gasteiger charge is -2.26. The van der Waals surface area contributed by atoms with Crippen LogP contribution in [0.5, 0.6) is 0 Å². The van der Waals surface area contributed by atoms with Crippen LogP contribution < -0.4 is 0 Å². The Hall–Kier alpha value is 0.130. The van der Waals surface area contributed by atoms with Crippen molar-refractivity contribution in [1.82, 2.24) is 0 Å². The van der Waals surface area contributed by atoms with E-state index in [1.807, 2.05) is 0 Å². The summed E-state index contributed by atoms with van der Waals surface area (Å²) in [5.41, 5.74) is 0. The predicted octanol–water partition coefficient (Wildman–Crippen LogP) is 1.10. The van der Waals surface area contributed by atoms with Crippen molar-refractivity contribution in [3.63, 3.8) is 0 Å². The smallest absolute Gasteiger partial charge is 0.216 e.